The molecule has 6 heteroatoms. The molecule has 1 atom stereocenters. The van der Waals surface area contributed by atoms with E-state index in [2.05, 4.69) is 5.10 Å². The largest absolute Gasteiger partial charge is 0.337 e. The fraction of sp³-hybridized carbons (Fsp3) is 0.333. The number of likely N-dealkylation sites (tertiary alicyclic amines) is 1. The highest BCUT2D eigenvalue weighted by molar-refractivity contribution is 5.93. The maximum Gasteiger partial charge on any atom is 0.257 e. The van der Waals surface area contributed by atoms with Crippen LogP contribution in [-0.4, -0.2) is 39.7 Å². The second kappa shape index (κ2) is 6.74. The zero-order valence-electron chi connectivity index (χ0n) is 11.7. The average molecular weight is 307 g/mol. The number of carbonyl (C=O) groups is 1. The van der Waals surface area contributed by atoms with Gasteiger partial charge in [0.1, 0.15) is 0 Å². The molecule has 1 aromatic heterocycles. The molecular weight excluding hydrogens is 288 g/mol. The van der Waals surface area contributed by atoms with E-state index in [1.165, 1.54) is 0 Å². The summed E-state index contributed by atoms with van der Waals surface area (Å²) in [4.78, 5) is 14.2. The first-order valence-electron chi connectivity index (χ1n) is 6.89. The van der Waals surface area contributed by atoms with E-state index in [0.29, 0.717) is 12.1 Å². The fourth-order valence-electron chi connectivity index (χ4n) is 2.53. The molecule has 0 bridgehead atoms. The van der Waals surface area contributed by atoms with Crippen molar-refractivity contribution in [2.45, 2.75) is 18.9 Å². The molecular formula is C15H19ClN4O. The van der Waals surface area contributed by atoms with E-state index in [0.717, 1.165) is 25.1 Å². The van der Waals surface area contributed by atoms with Crippen molar-refractivity contribution in [1.82, 2.24) is 14.7 Å². The van der Waals surface area contributed by atoms with Crippen LogP contribution in [0.3, 0.4) is 0 Å². The number of aromatic nitrogens is 2. The van der Waals surface area contributed by atoms with Crippen LogP contribution in [0.25, 0.3) is 5.69 Å². The molecule has 0 radical (unpaired) electrons. The lowest BCUT2D eigenvalue weighted by molar-refractivity contribution is 0.0709. The van der Waals surface area contributed by atoms with E-state index >= 15 is 0 Å². The first-order valence-corrected chi connectivity index (χ1v) is 6.89. The van der Waals surface area contributed by atoms with Crippen molar-refractivity contribution in [3.05, 3.63) is 48.3 Å². The van der Waals surface area contributed by atoms with Crippen molar-refractivity contribution in [2.24, 2.45) is 5.73 Å². The number of rotatable bonds is 2. The van der Waals surface area contributed by atoms with E-state index in [-0.39, 0.29) is 24.4 Å². The lowest BCUT2D eigenvalue weighted by Gasteiger charge is -2.30. The summed E-state index contributed by atoms with van der Waals surface area (Å²) in [6.45, 7) is 1.42. The third-order valence-corrected chi connectivity index (χ3v) is 3.60. The number of nitrogens with zero attached hydrogens (tertiary/aromatic N) is 3. The Morgan fingerprint density at radius 2 is 2.05 bits per heavy atom. The Morgan fingerprint density at radius 1 is 1.29 bits per heavy atom. The first-order chi connectivity index (χ1) is 9.74. The SMILES string of the molecule is Cl.NC1CCCN(C(=O)c2cnn(-c3ccccc3)c2)C1. The highest BCUT2D eigenvalue weighted by Gasteiger charge is 2.23. The number of hydrogen-bond acceptors (Lipinski definition) is 3. The van der Waals surface area contributed by atoms with Gasteiger partial charge < -0.3 is 10.6 Å². The van der Waals surface area contributed by atoms with Crippen LogP contribution in [0, 0.1) is 0 Å². The van der Waals surface area contributed by atoms with Gasteiger partial charge in [-0.1, -0.05) is 18.2 Å². The average Bonchev–Trinajstić information content (AvgIpc) is 2.97. The summed E-state index contributed by atoms with van der Waals surface area (Å²) >= 11 is 0. The van der Waals surface area contributed by atoms with Crippen molar-refractivity contribution in [2.75, 3.05) is 13.1 Å². The molecule has 0 spiro atoms. The Kier molecular flexibility index (Phi) is 4.98. The Morgan fingerprint density at radius 3 is 2.76 bits per heavy atom. The van der Waals surface area contributed by atoms with Gasteiger partial charge in [-0.05, 0) is 25.0 Å². The zero-order valence-corrected chi connectivity index (χ0v) is 12.5. The molecule has 1 aliphatic rings. The Bertz CT molecular complexity index is 599. The summed E-state index contributed by atoms with van der Waals surface area (Å²) in [5.74, 6) is 0.0160. The number of piperidine rings is 1. The van der Waals surface area contributed by atoms with Crippen molar-refractivity contribution in [3.63, 3.8) is 0 Å². The predicted octanol–water partition coefficient (Wildman–Crippen LogP) is 1.86. The van der Waals surface area contributed by atoms with E-state index in [1.54, 1.807) is 17.1 Å². The van der Waals surface area contributed by atoms with Gasteiger partial charge in [0.15, 0.2) is 0 Å². The number of para-hydroxylation sites is 1. The smallest absolute Gasteiger partial charge is 0.257 e. The highest BCUT2D eigenvalue weighted by Crippen LogP contribution is 2.14. The molecule has 0 saturated carbocycles. The van der Waals surface area contributed by atoms with Gasteiger partial charge in [0.25, 0.3) is 5.91 Å². The Labute approximate surface area is 130 Å². The van der Waals surface area contributed by atoms with Gasteiger partial charge in [-0.25, -0.2) is 4.68 Å². The van der Waals surface area contributed by atoms with E-state index < -0.39 is 0 Å². The molecule has 1 amide bonds. The van der Waals surface area contributed by atoms with Crippen LogP contribution in [0.4, 0.5) is 0 Å². The Balaban J connectivity index is 0.00000161. The van der Waals surface area contributed by atoms with Crippen LogP contribution in [0.5, 0.6) is 0 Å². The van der Waals surface area contributed by atoms with E-state index in [1.807, 2.05) is 35.2 Å². The van der Waals surface area contributed by atoms with Crippen LogP contribution < -0.4 is 5.73 Å². The van der Waals surface area contributed by atoms with Crippen LogP contribution in [-0.2, 0) is 0 Å². The molecule has 1 aliphatic heterocycles. The quantitative estimate of drug-likeness (QED) is 0.921. The van der Waals surface area contributed by atoms with Gasteiger partial charge in [0.2, 0.25) is 0 Å². The highest BCUT2D eigenvalue weighted by atomic mass is 35.5. The van der Waals surface area contributed by atoms with Crippen LogP contribution in [0.2, 0.25) is 0 Å². The normalized spacial score (nSPS) is 18.1. The van der Waals surface area contributed by atoms with Crippen LogP contribution >= 0.6 is 12.4 Å². The minimum absolute atomic E-state index is 0. The lowest BCUT2D eigenvalue weighted by atomic mass is 10.1. The molecule has 112 valence electrons. The zero-order chi connectivity index (χ0) is 13.9. The molecule has 1 fully saturated rings. The third-order valence-electron chi connectivity index (χ3n) is 3.60. The molecule has 21 heavy (non-hydrogen) atoms. The number of carbonyl (C=O) groups excluding carboxylic acids is 1. The topological polar surface area (TPSA) is 64.2 Å². The standard InChI is InChI=1S/C15H18N4O.ClH/c16-13-5-4-8-18(11-13)15(20)12-9-17-19(10-12)14-6-2-1-3-7-14;/h1-3,6-7,9-10,13H,4-5,8,11,16H2;1H. The first kappa shape index (κ1) is 15.5. The molecule has 2 heterocycles. The maximum absolute atomic E-state index is 12.4. The lowest BCUT2D eigenvalue weighted by Crippen LogP contribution is -2.45. The number of amides is 1. The minimum Gasteiger partial charge on any atom is -0.337 e. The summed E-state index contributed by atoms with van der Waals surface area (Å²) < 4.78 is 1.72. The number of nitrogens with two attached hydrogens (primary N) is 1. The van der Waals surface area contributed by atoms with Crippen molar-refractivity contribution in [3.8, 4) is 5.69 Å². The van der Waals surface area contributed by atoms with E-state index in [4.69, 9.17) is 5.73 Å². The second-order valence-corrected chi connectivity index (χ2v) is 5.16. The molecule has 0 aliphatic carbocycles. The van der Waals surface area contributed by atoms with Crippen LogP contribution in [0.15, 0.2) is 42.7 Å². The summed E-state index contributed by atoms with van der Waals surface area (Å²) in [6, 6.07) is 9.85. The van der Waals surface area contributed by atoms with Crippen molar-refractivity contribution < 1.29 is 4.79 Å². The summed E-state index contributed by atoms with van der Waals surface area (Å²) in [5, 5.41) is 4.26. The summed E-state index contributed by atoms with van der Waals surface area (Å²) in [7, 11) is 0. The molecule has 1 unspecified atom stereocenters. The number of benzene rings is 1. The van der Waals surface area contributed by atoms with E-state index in [9.17, 15) is 4.79 Å². The monoisotopic (exact) mass is 306 g/mol. The molecule has 1 aromatic carbocycles. The molecule has 5 nitrogen and oxygen atoms in total. The van der Waals surface area contributed by atoms with Crippen molar-refractivity contribution in [1.29, 1.82) is 0 Å². The second-order valence-electron chi connectivity index (χ2n) is 5.16. The Hall–Kier alpha value is -1.85. The summed E-state index contributed by atoms with van der Waals surface area (Å²) in [5.41, 5.74) is 7.48. The molecule has 2 aromatic rings. The summed E-state index contributed by atoms with van der Waals surface area (Å²) in [6.07, 6.45) is 5.36. The molecule has 1 saturated heterocycles. The van der Waals surface area contributed by atoms with Gasteiger partial charge >= 0.3 is 0 Å². The van der Waals surface area contributed by atoms with Gasteiger partial charge in [-0.3, -0.25) is 4.79 Å². The number of hydrogen-bond donors (Lipinski definition) is 1. The van der Waals surface area contributed by atoms with Gasteiger partial charge in [0.05, 0.1) is 17.4 Å². The maximum atomic E-state index is 12.4. The van der Waals surface area contributed by atoms with Gasteiger partial charge in [-0.2, -0.15) is 5.10 Å². The van der Waals surface area contributed by atoms with Crippen LogP contribution in [0.1, 0.15) is 23.2 Å². The fourth-order valence-corrected chi connectivity index (χ4v) is 2.53. The van der Waals surface area contributed by atoms with Gasteiger partial charge in [0, 0.05) is 25.3 Å². The molecule has 3 rings (SSSR count). The minimum atomic E-state index is 0. The third kappa shape index (κ3) is 3.43. The molecule has 2 N–H and O–H groups in total. The predicted molar refractivity (Wildman–Crippen MR) is 83.9 cm³/mol. The van der Waals surface area contributed by atoms with Crippen molar-refractivity contribution >= 4 is 18.3 Å². The van der Waals surface area contributed by atoms with Gasteiger partial charge in [-0.15, -0.1) is 12.4 Å². The number of halogens is 1.